The molecule has 0 unspecified atom stereocenters. The molecule has 1 aromatic rings. The molecule has 0 atom stereocenters. The van der Waals surface area contributed by atoms with Crippen LogP contribution in [0.4, 0.5) is 4.39 Å². The summed E-state index contributed by atoms with van der Waals surface area (Å²) in [4.78, 5) is 13.7. The van der Waals surface area contributed by atoms with Crippen molar-refractivity contribution in [1.29, 1.82) is 0 Å². The van der Waals surface area contributed by atoms with Gasteiger partial charge in [-0.3, -0.25) is 4.79 Å². The highest BCUT2D eigenvalue weighted by Gasteiger charge is 2.19. The number of carbonyl (C=O) groups is 1. The number of nitrogens with zero attached hydrogens (tertiary/aromatic N) is 1. The molecule has 0 saturated carbocycles. The molecule has 1 aliphatic rings. The Bertz CT molecular complexity index is 405. The molecule has 0 N–H and O–H groups in total. The van der Waals surface area contributed by atoms with Gasteiger partial charge in [0, 0.05) is 22.2 Å². The van der Waals surface area contributed by atoms with Gasteiger partial charge in [-0.2, -0.15) is 0 Å². The van der Waals surface area contributed by atoms with Crippen LogP contribution in [0.25, 0.3) is 0 Å². The van der Waals surface area contributed by atoms with E-state index in [0.717, 1.165) is 0 Å². The van der Waals surface area contributed by atoms with E-state index < -0.39 is 0 Å². The average molecular weight is 335 g/mol. The number of rotatable bonds is 1. The zero-order valence-corrected chi connectivity index (χ0v) is 10.7. The van der Waals surface area contributed by atoms with Gasteiger partial charge in [0.25, 0.3) is 5.91 Å². The average Bonchev–Trinajstić information content (AvgIpc) is 2.33. The Labute approximate surface area is 107 Å². The summed E-state index contributed by atoms with van der Waals surface area (Å²) in [6.07, 6.45) is 0. The van der Waals surface area contributed by atoms with Crippen LogP contribution in [0.15, 0.2) is 18.2 Å². The number of ether oxygens (including phenoxy) is 1. The lowest BCUT2D eigenvalue weighted by Crippen LogP contribution is -2.40. The maximum atomic E-state index is 13.3. The predicted octanol–water partition coefficient (Wildman–Crippen LogP) is 1.90. The molecule has 86 valence electrons. The topological polar surface area (TPSA) is 29.5 Å². The molecule has 0 radical (unpaired) electrons. The van der Waals surface area contributed by atoms with Crippen LogP contribution in [0.1, 0.15) is 10.4 Å². The molecule has 0 aliphatic carbocycles. The second kappa shape index (κ2) is 5.09. The van der Waals surface area contributed by atoms with E-state index in [4.69, 9.17) is 4.74 Å². The van der Waals surface area contributed by atoms with Gasteiger partial charge < -0.3 is 9.64 Å². The number of amides is 1. The van der Waals surface area contributed by atoms with Crippen molar-refractivity contribution in [3.63, 3.8) is 0 Å². The van der Waals surface area contributed by atoms with Gasteiger partial charge in [-0.25, -0.2) is 4.39 Å². The molecule has 1 amide bonds. The highest BCUT2D eigenvalue weighted by molar-refractivity contribution is 14.1. The van der Waals surface area contributed by atoms with Crippen molar-refractivity contribution in [3.05, 3.63) is 33.1 Å². The Hall–Kier alpha value is -0.690. The van der Waals surface area contributed by atoms with Gasteiger partial charge in [0.1, 0.15) is 5.82 Å². The second-order valence-corrected chi connectivity index (χ2v) is 4.70. The summed E-state index contributed by atoms with van der Waals surface area (Å²) in [6.45, 7) is 2.26. The molecule has 0 spiro atoms. The summed E-state index contributed by atoms with van der Waals surface area (Å²) in [5, 5.41) is 0. The van der Waals surface area contributed by atoms with Crippen molar-refractivity contribution in [2.45, 2.75) is 0 Å². The fraction of sp³-hybridized carbons (Fsp3) is 0.364. The van der Waals surface area contributed by atoms with Crippen molar-refractivity contribution in [3.8, 4) is 0 Å². The number of hydrogen-bond acceptors (Lipinski definition) is 2. The minimum Gasteiger partial charge on any atom is -0.378 e. The molecular weight excluding hydrogens is 324 g/mol. The summed E-state index contributed by atoms with van der Waals surface area (Å²) in [6, 6.07) is 4.56. The van der Waals surface area contributed by atoms with E-state index in [1.807, 2.05) is 22.6 Å². The van der Waals surface area contributed by atoms with Crippen LogP contribution in [-0.2, 0) is 4.74 Å². The first-order valence-corrected chi connectivity index (χ1v) is 6.08. The fourth-order valence-corrected chi connectivity index (χ4v) is 1.91. The number of hydrogen-bond donors (Lipinski definition) is 0. The van der Waals surface area contributed by atoms with Crippen LogP contribution in [0, 0.1) is 9.39 Å². The molecule has 0 aromatic heterocycles. The van der Waals surface area contributed by atoms with Crippen LogP contribution in [0.3, 0.4) is 0 Å². The van der Waals surface area contributed by atoms with Crippen LogP contribution < -0.4 is 0 Å². The number of morpholine rings is 1. The molecular formula is C11H11FINO2. The first-order chi connectivity index (χ1) is 7.68. The normalized spacial score (nSPS) is 16.2. The molecule has 1 heterocycles. The monoisotopic (exact) mass is 335 g/mol. The first kappa shape index (κ1) is 11.8. The molecule has 3 nitrogen and oxygen atoms in total. The smallest absolute Gasteiger partial charge is 0.254 e. The highest BCUT2D eigenvalue weighted by atomic mass is 127. The van der Waals surface area contributed by atoms with Crippen molar-refractivity contribution >= 4 is 28.5 Å². The molecule has 2 rings (SSSR count). The molecule has 1 fully saturated rings. The summed E-state index contributed by atoms with van der Waals surface area (Å²) < 4.78 is 19.0. The third-order valence-electron chi connectivity index (χ3n) is 2.46. The Balaban J connectivity index is 2.16. The fourth-order valence-electron chi connectivity index (χ4n) is 1.58. The van der Waals surface area contributed by atoms with E-state index in [9.17, 15) is 9.18 Å². The number of benzene rings is 1. The Morgan fingerprint density at radius 2 is 2.06 bits per heavy atom. The Morgan fingerprint density at radius 3 is 2.69 bits per heavy atom. The summed E-state index contributed by atoms with van der Waals surface area (Å²) >= 11 is 1.90. The van der Waals surface area contributed by atoms with Crippen LogP contribution in [0.5, 0.6) is 0 Å². The number of carbonyl (C=O) groups excluding carboxylic acids is 1. The highest BCUT2D eigenvalue weighted by Crippen LogP contribution is 2.14. The van der Waals surface area contributed by atoms with E-state index in [1.165, 1.54) is 6.07 Å². The molecule has 1 aromatic carbocycles. The second-order valence-electron chi connectivity index (χ2n) is 3.53. The van der Waals surface area contributed by atoms with Gasteiger partial charge >= 0.3 is 0 Å². The summed E-state index contributed by atoms with van der Waals surface area (Å²) in [7, 11) is 0. The van der Waals surface area contributed by atoms with Crippen molar-refractivity contribution in [1.82, 2.24) is 4.90 Å². The van der Waals surface area contributed by atoms with Crippen molar-refractivity contribution in [2.75, 3.05) is 26.3 Å². The third kappa shape index (κ3) is 2.52. The predicted molar refractivity (Wildman–Crippen MR) is 65.8 cm³/mol. The molecule has 1 saturated heterocycles. The van der Waals surface area contributed by atoms with Gasteiger partial charge in [0.15, 0.2) is 0 Å². The lowest BCUT2D eigenvalue weighted by molar-refractivity contribution is 0.0302. The van der Waals surface area contributed by atoms with Gasteiger partial charge in [-0.1, -0.05) is 0 Å². The number of halogens is 2. The maximum Gasteiger partial charge on any atom is 0.254 e. The van der Waals surface area contributed by atoms with Gasteiger partial charge in [0.05, 0.1) is 13.2 Å². The standard InChI is InChI=1S/C11H11FINO2/c12-9-7-8(1-2-10(9)13)11(15)14-3-5-16-6-4-14/h1-2,7H,3-6H2. The van der Waals surface area contributed by atoms with E-state index in [0.29, 0.717) is 35.4 Å². The lowest BCUT2D eigenvalue weighted by atomic mass is 10.2. The lowest BCUT2D eigenvalue weighted by Gasteiger charge is -2.26. The largest absolute Gasteiger partial charge is 0.378 e. The zero-order valence-electron chi connectivity index (χ0n) is 8.58. The third-order valence-corrected chi connectivity index (χ3v) is 3.34. The minimum atomic E-state index is -0.347. The first-order valence-electron chi connectivity index (χ1n) is 5.00. The SMILES string of the molecule is O=C(c1ccc(I)c(F)c1)N1CCOCC1. The zero-order chi connectivity index (χ0) is 11.5. The van der Waals surface area contributed by atoms with Crippen LogP contribution in [0.2, 0.25) is 0 Å². The van der Waals surface area contributed by atoms with Crippen LogP contribution in [-0.4, -0.2) is 37.1 Å². The Morgan fingerprint density at radius 1 is 1.38 bits per heavy atom. The van der Waals surface area contributed by atoms with E-state index in [1.54, 1.807) is 17.0 Å². The van der Waals surface area contributed by atoms with Gasteiger partial charge in [-0.15, -0.1) is 0 Å². The van der Waals surface area contributed by atoms with E-state index in [2.05, 4.69) is 0 Å². The quantitative estimate of drug-likeness (QED) is 0.734. The Kier molecular flexibility index (Phi) is 3.75. The molecule has 16 heavy (non-hydrogen) atoms. The van der Waals surface area contributed by atoms with E-state index in [-0.39, 0.29) is 11.7 Å². The van der Waals surface area contributed by atoms with Crippen LogP contribution >= 0.6 is 22.6 Å². The van der Waals surface area contributed by atoms with Gasteiger partial charge in [0.2, 0.25) is 0 Å². The maximum absolute atomic E-state index is 13.3. The van der Waals surface area contributed by atoms with Crippen molar-refractivity contribution < 1.29 is 13.9 Å². The molecule has 5 heteroatoms. The summed E-state index contributed by atoms with van der Waals surface area (Å²) in [5.74, 6) is -0.474. The molecule has 0 bridgehead atoms. The molecule has 1 aliphatic heterocycles. The van der Waals surface area contributed by atoms with E-state index >= 15 is 0 Å². The minimum absolute atomic E-state index is 0.126. The summed E-state index contributed by atoms with van der Waals surface area (Å²) in [5.41, 5.74) is 0.403. The van der Waals surface area contributed by atoms with Gasteiger partial charge in [-0.05, 0) is 40.8 Å². The van der Waals surface area contributed by atoms with Crippen molar-refractivity contribution in [2.24, 2.45) is 0 Å².